The summed E-state index contributed by atoms with van der Waals surface area (Å²) in [5, 5.41) is 12.1. The maximum absolute atomic E-state index is 13.6. The van der Waals surface area contributed by atoms with Crippen LogP contribution in [0.5, 0.6) is 0 Å². The summed E-state index contributed by atoms with van der Waals surface area (Å²) in [5.41, 5.74) is 1.36. The highest BCUT2D eigenvalue weighted by atomic mass is 19.4. The van der Waals surface area contributed by atoms with Crippen LogP contribution in [0.25, 0.3) is 17.0 Å². The third kappa shape index (κ3) is 3.52. The zero-order valence-electron chi connectivity index (χ0n) is 17.8. The van der Waals surface area contributed by atoms with E-state index >= 15 is 0 Å². The van der Waals surface area contributed by atoms with Gasteiger partial charge in [0.2, 0.25) is 5.89 Å². The van der Waals surface area contributed by atoms with Gasteiger partial charge < -0.3 is 14.3 Å². The van der Waals surface area contributed by atoms with Crippen LogP contribution in [0.15, 0.2) is 59.5 Å². The third-order valence-electron chi connectivity index (χ3n) is 5.78. The molecule has 1 unspecified atom stereocenters. The van der Waals surface area contributed by atoms with E-state index in [4.69, 9.17) is 4.42 Å². The third-order valence-corrected chi connectivity index (χ3v) is 5.78. The van der Waals surface area contributed by atoms with Crippen LogP contribution in [0.4, 0.5) is 13.2 Å². The first-order valence-electron chi connectivity index (χ1n) is 10.5. The van der Waals surface area contributed by atoms with Crippen LogP contribution < -0.4 is 0 Å². The number of aromatic nitrogens is 7. The summed E-state index contributed by atoms with van der Waals surface area (Å²) in [6.07, 6.45) is 0.452. The largest absolute Gasteiger partial charge is 0.433 e. The Morgan fingerprint density at radius 2 is 2.06 bits per heavy atom. The maximum atomic E-state index is 13.6. The highest BCUT2D eigenvalue weighted by molar-refractivity contribution is 5.90. The second-order valence-corrected chi connectivity index (χ2v) is 7.89. The van der Waals surface area contributed by atoms with Crippen LogP contribution in [0.2, 0.25) is 0 Å². The Balaban J connectivity index is 1.42. The van der Waals surface area contributed by atoms with Crippen LogP contribution in [0, 0.1) is 0 Å². The van der Waals surface area contributed by atoms with Crippen LogP contribution in [0.1, 0.15) is 39.5 Å². The number of nitrogens with one attached hydrogen (secondary N) is 1. The summed E-state index contributed by atoms with van der Waals surface area (Å²) in [7, 11) is 0. The Hall–Kier alpha value is -4.55. The van der Waals surface area contributed by atoms with Gasteiger partial charge in [0, 0.05) is 31.1 Å². The molecule has 35 heavy (non-hydrogen) atoms. The van der Waals surface area contributed by atoms with E-state index in [-0.39, 0.29) is 29.5 Å². The summed E-state index contributed by atoms with van der Waals surface area (Å²) >= 11 is 0. The molecule has 1 atom stereocenters. The lowest BCUT2D eigenvalue weighted by molar-refractivity contribution is -0.142. The summed E-state index contributed by atoms with van der Waals surface area (Å²) in [6, 6.07) is 7.84. The predicted octanol–water partition coefficient (Wildman–Crippen LogP) is 3.31. The smallest absolute Gasteiger partial charge is 0.412 e. The van der Waals surface area contributed by atoms with E-state index in [2.05, 4.69) is 30.2 Å². The number of hydrogen-bond acceptors (Lipinski definition) is 7. The van der Waals surface area contributed by atoms with Gasteiger partial charge >= 0.3 is 18.0 Å². The first kappa shape index (κ1) is 21.0. The van der Waals surface area contributed by atoms with Crippen molar-refractivity contribution >= 4 is 11.4 Å². The molecular weight excluding hydrogens is 465 g/mol. The molecule has 0 radical (unpaired) electrons. The van der Waals surface area contributed by atoms with Crippen molar-refractivity contribution in [1.82, 2.24) is 39.7 Å². The Kier molecular flexibility index (Phi) is 4.65. The summed E-state index contributed by atoms with van der Waals surface area (Å²) < 4.78 is 47.1. The van der Waals surface area contributed by atoms with Crippen molar-refractivity contribution in [2.24, 2.45) is 0 Å². The highest BCUT2D eigenvalue weighted by Crippen LogP contribution is 2.36. The number of fused-ring (bicyclic) bond motifs is 2. The fourth-order valence-electron chi connectivity index (χ4n) is 4.22. The number of aromatic amines is 1. The van der Waals surface area contributed by atoms with Gasteiger partial charge in [-0.15, -0.1) is 10.2 Å². The van der Waals surface area contributed by atoms with Gasteiger partial charge in [0.1, 0.15) is 11.7 Å². The number of H-pyrrole nitrogens is 1. The van der Waals surface area contributed by atoms with Gasteiger partial charge in [-0.1, -0.05) is 6.07 Å². The molecule has 0 saturated heterocycles. The lowest BCUT2D eigenvalue weighted by atomic mass is 9.99. The number of halogens is 3. The number of rotatable bonds is 3. The minimum absolute atomic E-state index is 0.123. The van der Waals surface area contributed by atoms with E-state index in [9.17, 15) is 18.0 Å². The van der Waals surface area contributed by atoms with Crippen molar-refractivity contribution in [3.8, 4) is 11.5 Å². The van der Waals surface area contributed by atoms with E-state index in [0.717, 1.165) is 16.3 Å². The topological polar surface area (TPSA) is 118 Å². The molecule has 1 aliphatic rings. The Morgan fingerprint density at radius 3 is 2.86 bits per heavy atom. The summed E-state index contributed by atoms with van der Waals surface area (Å²) in [4.78, 5) is 26.3. The fraction of sp³-hybridized carbons (Fsp3) is 0.182. The van der Waals surface area contributed by atoms with Crippen molar-refractivity contribution in [1.29, 1.82) is 0 Å². The molecule has 0 aliphatic carbocycles. The van der Waals surface area contributed by atoms with Crippen molar-refractivity contribution in [2.75, 3.05) is 6.54 Å². The van der Waals surface area contributed by atoms with Crippen LogP contribution in [-0.4, -0.2) is 52.1 Å². The molecule has 5 aromatic heterocycles. The maximum Gasteiger partial charge on any atom is 0.433 e. The molecule has 6 heterocycles. The van der Waals surface area contributed by atoms with E-state index in [1.54, 1.807) is 18.3 Å². The standard InChI is InChI=1S/C22H15F3N8O2/c23-22(24,25)16-5-1-4-13-9-15(31-33(13)16)18-17-14(27-11-28-17)6-8-32(18)21(34)20-30-29-19(35-20)12-3-2-7-26-10-12/h1-5,7,9-11,18H,6,8H2,(H,27,28). The fourth-order valence-corrected chi connectivity index (χ4v) is 4.22. The minimum Gasteiger partial charge on any atom is -0.412 e. The zero-order valence-corrected chi connectivity index (χ0v) is 17.8. The molecule has 13 heteroatoms. The minimum atomic E-state index is -4.60. The summed E-state index contributed by atoms with van der Waals surface area (Å²) in [6.45, 7) is 0.239. The SMILES string of the molecule is O=C(c1nnc(-c2cccnc2)o1)N1CCc2[nH]cnc2C1c1cc2cccc(C(F)(F)F)n2n1. The van der Waals surface area contributed by atoms with Gasteiger partial charge in [0.25, 0.3) is 0 Å². The monoisotopic (exact) mass is 480 g/mol. The van der Waals surface area contributed by atoms with Gasteiger partial charge in [-0.3, -0.25) is 9.78 Å². The van der Waals surface area contributed by atoms with Crippen LogP contribution in [0.3, 0.4) is 0 Å². The number of carbonyl (C=O) groups is 1. The van der Waals surface area contributed by atoms with Gasteiger partial charge in [-0.05, 0) is 30.3 Å². The molecular formula is C22H15F3N8O2. The lowest BCUT2D eigenvalue weighted by Gasteiger charge is -2.32. The van der Waals surface area contributed by atoms with Crippen molar-refractivity contribution in [3.63, 3.8) is 0 Å². The molecule has 176 valence electrons. The average molecular weight is 480 g/mol. The van der Waals surface area contributed by atoms with Crippen molar-refractivity contribution < 1.29 is 22.4 Å². The first-order valence-corrected chi connectivity index (χ1v) is 10.5. The van der Waals surface area contributed by atoms with E-state index in [1.165, 1.54) is 35.6 Å². The number of alkyl halides is 3. The predicted molar refractivity (Wildman–Crippen MR) is 113 cm³/mol. The van der Waals surface area contributed by atoms with Gasteiger partial charge in [-0.25, -0.2) is 9.50 Å². The number of amides is 1. The normalized spacial score (nSPS) is 16.0. The Labute approximate surface area is 194 Å². The molecule has 0 spiro atoms. The Bertz CT molecular complexity index is 1540. The second-order valence-electron chi connectivity index (χ2n) is 7.89. The first-order chi connectivity index (χ1) is 16.9. The molecule has 0 aromatic carbocycles. The van der Waals surface area contributed by atoms with Crippen LogP contribution >= 0.6 is 0 Å². The van der Waals surface area contributed by atoms with Gasteiger partial charge in [-0.2, -0.15) is 18.3 Å². The number of imidazole rings is 1. The lowest BCUT2D eigenvalue weighted by Crippen LogP contribution is -2.41. The van der Waals surface area contributed by atoms with E-state index in [1.807, 2.05) is 0 Å². The second kappa shape index (κ2) is 7.75. The number of hydrogen-bond donors (Lipinski definition) is 1. The van der Waals surface area contributed by atoms with Gasteiger partial charge in [0.05, 0.1) is 28.8 Å². The quantitative estimate of drug-likeness (QED) is 0.421. The molecule has 0 fully saturated rings. The summed E-state index contributed by atoms with van der Waals surface area (Å²) in [5.74, 6) is -0.718. The van der Waals surface area contributed by atoms with E-state index < -0.39 is 23.8 Å². The molecule has 1 aliphatic heterocycles. The molecule has 0 saturated carbocycles. The van der Waals surface area contributed by atoms with Crippen molar-refractivity contribution in [3.05, 3.63) is 83.8 Å². The molecule has 1 amide bonds. The number of nitrogens with zero attached hydrogens (tertiary/aromatic N) is 7. The number of carbonyl (C=O) groups excluding carboxylic acids is 1. The zero-order chi connectivity index (χ0) is 24.2. The molecule has 0 bridgehead atoms. The van der Waals surface area contributed by atoms with Crippen molar-refractivity contribution in [2.45, 2.75) is 18.6 Å². The molecule has 10 nitrogen and oxygen atoms in total. The highest BCUT2D eigenvalue weighted by Gasteiger charge is 2.39. The number of pyridine rings is 2. The van der Waals surface area contributed by atoms with Crippen LogP contribution in [-0.2, 0) is 12.6 Å². The molecule has 6 rings (SSSR count). The molecule has 5 aromatic rings. The Morgan fingerprint density at radius 1 is 1.17 bits per heavy atom. The average Bonchev–Trinajstić information content (AvgIpc) is 3.61. The van der Waals surface area contributed by atoms with E-state index in [0.29, 0.717) is 17.7 Å². The van der Waals surface area contributed by atoms with Gasteiger partial charge in [0.15, 0.2) is 0 Å². The molecule has 1 N–H and O–H groups in total.